The second kappa shape index (κ2) is 6.36. The zero-order valence-corrected chi connectivity index (χ0v) is 17.0. The first-order chi connectivity index (χ1) is 11.3. The zero-order chi connectivity index (χ0) is 17.5. The third-order valence-corrected chi connectivity index (χ3v) is 5.71. The van der Waals surface area contributed by atoms with Crippen molar-refractivity contribution in [2.75, 3.05) is 11.9 Å². The van der Waals surface area contributed by atoms with Gasteiger partial charge < -0.3 is 4.90 Å². The lowest BCUT2D eigenvalue weighted by atomic mass is 9.87. The molecule has 2 aromatic carbocycles. The first-order valence-electron chi connectivity index (χ1n) is 8.16. The smallest absolute Gasteiger partial charge is 0.0763 e. The Morgan fingerprint density at radius 1 is 1.12 bits per heavy atom. The SMILES string of the molecule is CC1=CC(C)(C)N(C)c2cc(C)c(C=Nc3ccccc3I)cc21. The number of allylic oxidation sites excluding steroid dienone is 1. The number of aliphatic imine (C=N–C) groups is 1. The van der Waals surface area contributed by atoms with Crippen molar-refractivity contribution in [2.45, 2.75) is 33.2 Å². The van der Waals surface area contributed by atoms with E-state index in [1.165, 1.54) is 31.5 Å². The number of aryl methyl sites for hydroxylation is 1. The van der Waals surface area contributed by atoms with Gasteiger partial charge in [-0.3, -0.25) is 4.99 Å². The molecule has 0 aliphatic carbocycles. The minimum absolute atomic E-state index is 0.0410. The van der Waals surface area contributed by atoms with Crippen LogP contribution in [-0.2, 0) is 0 Å². The summed E-state index contributed by atoms with van der Waals surface area (Å²) in [6.45, 7) is 8.86. The molecule has 1 heterocycles. The van der Waals surface area contributed by atoms with E-state index in [1.54, 1.807) is 0 Å². The van der Waals surface area contributed by atoms with Gasteiger partial charge in [-0.05, 0) is 91.3 Å². The maximum Gasteiger partial charge on any atom is 0.0763 e. The molecule has 0 N–H and O–H groups in total. The van der Waals surface area contributed by atoms with Gasteiger partial charge in [-0.25, -0.2) is 0 Å². The molecule has 3 rings (SSSR count). The average Bonchev–Trinajstić information content (AvgIpc) is 2.52. The van der Waals surface area contributed by atoms with Gasteiger partial charge in [0.2, 0.25) is 0 Å². The molecule has 1 aliphatic rings. The largest absolute Gasteiger partial charge is 0.365 e. The number of nitrogens with zero attached hydrogens (tertiary/aromatic N) is 2. The van der Waals surface area contributed by atoms with Crippen LogP contribution in [0.5, 0.6) is 0 Å². The summed E-state index contributed by atoms with van der Waals surface area (Å²) >= 11 is 2.33. The van der Waals surface area contributed by atoms with Crippen LogP contribution in [0.1, 0.15) is 37.5 Å². The number of hydrogen-bond acceptors (Lipinski definition) is 2. The Hall–Kier alpha value is -1.62. The van der Waals surface area contributed by atoms with Crippen LogP contribution in [0.4, 0.5) is 11.4 Å². The van der Waals surface area contributed by atoms with E-state index in [0.717, 1.165) is 5.69 Å². The van der Waals surface area contributed by atoms with E-state index in [4.69, 9.17) is 4.99 Å². The van der Waals surface area contributed by atoms with Crippen LogP contribution >= 0.6 is 22.6 Å². The molecule has 0 atom stereocenters. The number of fused-ring (bicyclic) bond motifs is 1. The molecular formula is C21H23IN2. The molecule has 0 saturated heterocycles. The van der Waals surface area contributed by atoms with E-state index in [0.29, 0.717) is 0 Å². The molecule has 24 heavy (non-hydrogen) atoms. The van der Waals surface area contributed by atoms with Crippen molar-refractivity contribution in [2.24, 2.45) is 4.99 Å². The molecule has 124 valence electrons. The number of para-hydroxylation sites is 1. The average molecular weight is 430 g/mol. The van der Waals surface area contributed by atoms with Crippen LogP contribution in [-0.4, -0.2) is 18.8 Å². The highest BCUT2D eigenvalue weighted by Crippen LogP contribution is 2.39. The van der Waals surface area contributed by atoms with Crippen molar-refractivity contribution in [3.63, 3.8) is 0 Å². The van der Waals surface area contributed by atoms with Gasteiger partial charge in [-0.1, -0.05) is 18.2 Å². The summed E-state index contributed by atoms with van der Waals surface area (Å²) in [5.41, 5.74) is 7.41. The first-order valence-corrected chi connectivity index (χ1v) is 9.24. The highest BCUT2D eigenvalue weighted by molar-refractivity contribution is 14.1. The molecule has 0 spiro atoms. The first kappa shape index (κ1) is 17.2. The predicted octanol–water partition coefficient (Wildman–Crippen LogP) is 5.98. The van der Waals surface area contributed by atoms with Gasteiger partial charge in [0, 0.05) is 28.1 Å². The molecule has 0 bridgehead atoms. The summed E-state index contributed by atoms with van der Waals surface area (Å²) in [4.78, 5) is 7.04. The summed E-state index contributed by atoms with van der Waals surface area (Å²) < 4.78 is 1.17. The quantitative estimate of drug-likeness (QED) is 0.423. The highest BCUT2D eigenvalue weighted by atomic mass is 127. The normalized spacial score (nSPS) is 16.2. The van der Waals surface area contributed by atoms with Crippen LogP contribution in [0, 0.1) is 10.5 Å². The topological polar surface area (TPSA) is 15.6 Å². The number of hydrogen-bond donors (Lipinski definition) is 0. The third-order valence-electron chi connectivity index (χ3n) is 4.80. The second-order valence-electron chi connectivity index (χ2n) is 6.98. The zero-order valence-electron chi connectivity index (χ0n) is 14.9. The lowest BCUT2D eigenvalue weighted by Crippen LogP contribution is -2.42. The molecule has 0 fully saturated rings. The van der Waals surface area contributed by atoms with Crippen LogP contribution < -0.4 is 4.90 Å². The van der Waals surface area contributed by atoms with E-state index in [9.17, 15) is 0 Å². The van der Waals surface area contributed by atoms with Gasteiger partial charge in [0.15, 0.2) is 0 Å². The number of anilines is 1. The van der Waals surface area contributed by atoms with Gasteiger partial charge in [0.1, 0.15) is 0 Å². The van der Waals surface area contributed by atoms with Crippen molar-refractivity contribution < 1.29 is 0 Å². The molecule has 0 aromatic heterocycles. The summed E-state index contributed by atoms with van der Waals surface area (Å²) in [5, 5.41) is 0. The van der Waals surface area contributed by atoms with Crippen molar-refractivity contribution in [3.8, 4) is 0 Å². The Morgan fingerprint density at radius 3 is 2.54 bits per heavy atom. The summed E-state index contributed by atoms with van der Waals surface area (Å²) in [7, 11) is 2.17. The van der Waals surface area contributed by atoms with E-state index in [2.05, 4.69) is 86.5 Å². The number of likely N-dealkylation sites (N-methyl/N-ethyl adjacent to an activating group) is 1. The second-order valence-corrected chi connectivity index (χ2v) is 8.14. The lowest BCUT2D eigenvalue weighted by Gasteiger charge is -2.41. The van der Waals surface area contributed by atoms with Crippen molar-refractivity contribution in [1.82, 2.24) is 0 Å². The van der Waals surface area contributed by atoms with Crippen molar-refractivity contribution in [1.29, 1.82) is 0 Å². The van der Waals surface area contributed by atoms with E-state index in [-0.39, 0.29) is 5.54 Å². The van der Waals surface area contributed by atoms with Crippen LogP contribution in [0.2, 0.25) is 0 Å². The Bertz CT molecular complexity index is 847. The van der Waals surface area contributed by atoms with Crippen LogP contribution in [0.3, 0.4) is 0 Å². The third kappa shape index (κ3) is 3.14. The van der Waals surface area contributed by atoms with E-state index >= 15 is 0 Å². The molecule has 0 amide bonds. The minimum Gasteiger partial charge on any atom is -0.365 e. The van der Waals surface area contributed by atoms with Crippen LogP contribution in [0.15, 0.2) is 47.5 Å². The Kier molecular flexibility index (Phi) is 4.56. The number of halogens is 1. The molecule has 0 saturated carbocycles. The highest BCUT2D eigenvalue weighted by Gasteiger charge is 2.28. The summed E-state index contributed by atoms with van der Waals surface area (Å²) in [6, 6.07) is 12.7. The molecule has 2 aromatic rings. The van der Waals surface area contributed by atoms with Crippen molar-refractivity contribution in [3.05, 3.63) is 62.7 Å². The van der Waals surface area contributed by atoms with Gasteiger partial charge in [-0.2, -0.15) is 0 Å². The fourth-order valence-corrected chi connectivity index (χ4v) is 3.68. The molecule has 1 aliphatic heterocycles. The number of rotatable bonds is 2. The monoisotopic (exact) mass is 430 g/mol. The predicted molar refractivity (Wildman–Crippen MR) is 114 cm³/mol. The Balaban J connectivity index is 2.04. The minimum atomic E-state index is 0.0410. The van der Waals surface area contributed by atoms with Gasteiger partial charge in [0.05, 0.1) is 11.2 Å². The maximum atomic E-state index is 4.69. The molecule has 2 nitrogen and oxygen atoms in total. The molecule has 0 unspecified atom stereocenters. The van der Waals surface area contributed by atoms with Gasteiger partial charge >= 0.3 is 0 Å². The summed E-state index contributed by atoms with van der Waals surface area (Å²) in [6.07, 6.45) is 4.33. The Labute approximate surface area is 158 Å². The molecular weight excluding hydrogens is 407 g/mol. The van der Waals surface area contributed by atoms with Crippen LogP contribution in [0.25, 0.3) is 5.57 Å². The molecule has 3 heteroatoms. The standard InChI is InChI=1S/C21H23IN2/c1-14-10-20-17(15(2)12-21(3,4)24(20)5)11-16(14)13-23-19-9-7-6-8-18(19)22/h6-13H,1-5H3. The fourth-order valence-electron chi connectivity index (χ4n) is 3.15. The van der Waals surface area contributed by atoms with E-state index < -0.39 is 0 Å². The van der Waals surface area contributed by atoms with E-state index in [1.807, 2.05) is 24.4 Å². The maximum absolute atomic E-state index is 4.69. The molecule has 0 radical (unpaired) electrons. The lowest BCUT2D eigenvalue weighted by molar-refractivity contribution is 0.597. The number of benzene rings is 2. The Morgan fingerprint density at radius 2 is 1.83 bits per heavy atom. The van der Waals surface area contributed by atoms with Crippen molar-refractivity contribution >= 4 is 45.8 Å². The van der Waals surface area contributed by atoms with Gasteiger partial charge in [-0.15, -0.1) is 0 Å². The summed E-state index contributed by atoms with van der Waals surface area (Å²) in [5.74, 6) is 0. The fraction of sp³-hybridized carbons (Fsp3) is 0.286. The van der Waals surface area contributed by atoms with Gasteiger partial charge in [0.25, 0.3) is 0 Å².